The average molecular weight is 349 g/mol. The first-order valence-electron chi connectivity index (χ1n) is 8.64. The summed E-state index contributed by atoms with van der Waals surface area (Å²) in [5.41, 5.74) is 3.48. The summed E-state index contributed by atoms with van der Waals surface area (Å²) in [4.78, 5) is 12.7. The summed E-state index contributed by atoms with van der Waals surface area (Å²) in [5.74, 6) is 0.845. The maximum atomic E-state index is 12.7. The van der Waals surface area contributed by atoms with Gasteiger partial charge in [0.2, 0.25) is 0 Å². The number of carbonyl (C=O) groups is 1. The number of aromatic nitrogens is 2. The van der Waals surface area contributed by atoms with Crippen molar-refractivity contribution in [2.45, 2.75) is 26.3 Å². The third kappa shape index (κ3) is 3.77. The molecule has 0 saturated heterocycles. The van der Waals surface area contributed by atoms with Crippen LogP contribution in [0.1, 0.15) is 41.4 Å². The summed E-state index contributed by atoms with van der Waals surface area (Å²) in [6, 6.07) is 17.5. The Hall–Kier alpha value is -3.08. The molecule has 5 heteroatoms. The van der Waals surface area contributed by atoms with Crippen LogP contribution in [0.3, 0.4) is 0 Å². The van der Waals surface area contributed by atoms with Crippen LogP contribution in [0.15, 0.2) is 60.8 Å². The molecule has 0 bridgehead atoms. The number of benzene rings is 2. The third-order valence-corrected chi connectivity index (χ3v) is 4.21. The number of methoxy groups -OCH3 is 1. The van der Waals surface area contributed by atoms with E-state index in [1.807, 2.05) is 59.3 Å². The number of nitrogens with one attached hydrogen (secondary N) is 1. The molecule has 3 aromatic rings. The molecular formula is C21H23N3O2. The first kappa shape index (κ1) is 17.7. The number of carbonyl (C=O) groups excluding carboxylic acids is 1. The van der Waals surface area contributed by atoms with Gasteiger partial charge in [0.05, 0.1) is 30.3 Å². The molecule has 1 amide bonds. The van der Waals surface area contributed by atoms with Crippen molar-refractivity contribution in [3.63, 3.8) is 0 Å². The van der Waals surface area contributed by atoms with E-state index in [9.17, 15) is 4.79 Å². The molecular weight excluding hydrogens is 326 g/mol. The number of amides is 1. The highest BCUT2D eigenvalue weighted by atomic mass is 16.5. The van der Waals surface area contributed by atoms with Crippen molar-refractivity contribution < 1.29 is 9.53 Å². The van der Waals surface area contributed by atoms with Gasteiger partial charge < -0.3 is 10.1 Å². The molecule has 0 aliphatic carbocycles. The minimum Gasteiger partial charge on any atom is -0.497 e. The number of hydrogen-bond donors (Lipinski definition) is 1. The van der Waals surface area contributed by atoms with E-state index in [-0.39, 0.29) is 11.8 Å². The maximum Gasteiger partial charge on any atom is 0.255 e. The van der Waals surface area contributed by atoms with E-state index in [1.54, 1.807) is 13.3 Å². The molecule has 2 aromatic carbocycles. The average Bonchev–Trinajstić information content (AvgIpc) is 3.13. The number of hydrogen-bond acceptors (Lipinski definition) is 3. The molecule has 0 spiro atoms. The van der Waals surface area contributed by atoms with Crippen LogP contribution in [0, 0.1) is 0 Å². The van der Waals surface area contributed by atoms with E-state index < -0.39 is 0 Å². The number of para-hydroxylation sites is 1. The molecule has 26 heavy (non-hydrogen) atoms. The van der Waals surface area contributed by atoms with Gasteiger partial charge in [-0.1, -0.05) is 44.2 Å². The van der Waals surface area contributed by atoms with Crippen LogP contribution in [-0.4, -0.2) is 22.8 Å². The lowest BCUT2D eigenvalue weighted by Crippen LogP contribution is -2.24. The van der Waals surface area contributed by atoms with E-state index in [1.165, 1.54) is 0 Å². The Bertz CT molecular complexity index is 868. The zero-order valence-electron chi connectivity index (χ0n) is 15.3. The Balaban J connectivity index is 1.79. The zero-order valence-corrected chi connectivity index (χ0v) is 15.3. The Morgan fingerprint density at radius 2 is 1.81 bits per heavy atom. The van der Waals surface area contributed by atoms with Crippen LogP contribution >= 0.6 is 0 Å². The predicted molar refractivity (Wildman–Crippen MR) is 102 cm³/mol. The topological polar surface area (TPSA) is 56.1 Å². The fourth-order valence-corrected chi connectivity index (χ4v) is 2.88. The minimum absolute atomic E-state index is 0.119. The normalized spacial score (nSPS) is 10.8. The first-order chi connectivity index (χ1) is 12.6. The van der Waals surface area contributed by atoms with Gasteiger partial charge in [-0.05, 0) is 35.7 Å². The van der Waals surface area contributed by atoms with E-state index in [0.717, 1.165) is 22.7 Å². The summed E-state index contributed by atoms with van der Waals surface area (Å²) in [6.45, 7) is 4.59. The van der Waals surface area contributed by atoms with Crippen LogP contribution in [0.4, 0.5) is 0 Å². The highest BCUT2D eigenvalue weighted by Gasteiger charge is 2.20. The van der Waals surface area contributed by atoms with Crippen molar-refractivity contribution >= 4 is 5.91 Å². The van der Waals surface area contributed by atoms with Gasteiger partial charge in [-0.15, -0.1) is 0 Å². The lowest BCUT2D eigenvalue weighted by atomic mass is 10.0. The molecule has 0 unspecified atom stereocenters. The van der Waals surface area contributed by atoms with Gasteiger partial charge in [-0.25, -0.2) is 4.68 Å². The van der Waals surface area contributed by atoms with Gasteiger partial charge >= 0.3 is 0 Å². The molecule has 134 valence electrons. The second kappa shape index (κ2) is 7.87. The lowest BCUT2D eigenvalue weighted by Gasteiger charge is -2.13. The second-order valence-corrected chi connectivity index (χ2v) is 6.38. The number of rotatable bonds is 6. The largest absolute Gasteiger partial charge is 0.497 e. The molecule has 0 aliphatic rings. The van der Waals surface area contributed by atoms with Crippen LogP contribution in [0.5, 0.6) is 5.75 Å². The molecule has 0 aliphatic heterocycles. The van der Waals surface area contributed by atoms with Crippen molar-refractivity contribution in [3.05, 3.63) is 77.6 Å². The molecule has 0 atom stereocenters. The van der Waals surface area contributed by atoms with Crippen molar-refractivity contribution in [1.82, 2.24) is 15.1 Å². The molecule has 5 nitrogen and oxygen atoms in total. The zero-order chi connectivity index (χ0) is 18.5. The minimum atomic E-state index is -0.119. The molecule has 1 heterocycles. The van der Waals surface area contributed by atoms with Gasteiger partial charge in [0.1, 0.15) is 5.75 Å². The smallest absolute Gasteiger partial charge is 0.255 e. The van der Waals surface area contributed by atoms with Gasteiger partial charge in [-0.3, -0.25) is 4.79 Å². The molecule has 0 fully saturated rings. The van der Waals surface area contributed by atoms with E-state index in [0.29, 0.717) is 12.1 Å². The standard InChI is InChI=1S/C21H23N3O2/c1-15(2)20-19(14-23-24(20)17-7-5-4-6-8-17)21(25)22-13-16-9-11-18(26-3)12-10-16/h4-12,14-15H,13H2,1-3H3,(H,22,25). The van der Waals surface area contributed by atoms with Gasteiger partial charge in [0, 0.05) is 6.54 Å². The van der Waals surface area contributed by atoms with Crippen molar-refractivity contribution in [3.8, 4) is 11.4 Å². The van der Waals surface area contributed by atoms with Crippen LogP contribution < -0.4 is 10.1 Å². The van der Waals surface area contributed by atoms with Crippen molar-refractivity contribution in [1.29, 1.82) is 0 Å². The molecule has 1 N–H and O–H groups in total. The van der Waals surface area contributed by atoms with E-state index >= 15 is 0 Å². The van der Waals surface area contributed by atoms with Crippen LogP contribution in [-0.2, 0) is 6.54 Å². The van der Waals surface area contributed by atoms with E-state index in [2.05, 4.69) is 24.3 Å². The Kier molecular flexibility index (Phi) is 5.37. The summed E-state index contributed by atoms with van der Waals surface area (Å²) < 4.78 is 6.99. The van der Waals surface area contributed by atoms with Gasteiger partial charge in [0.15, 0.2) is 0 Å². The van der Waals surface area contributed by atoms with Crippen molar-refractivity contribution in [2.75, 3.05) is 7.11 Å². The fraction of sp³-hybridized carbons (Fsp3) is 0.238. The number of nitrogens with zero attached hydrogens (tertiary/aromatic N) is 2. The molecule has 0 saturated carbocycles. The fourth-order valence-electron chi connectivity index (χ4n) is 2.88. The van der Waals surface area contributed by atoms with Gasteiger partial charge in [0.25, 0.3) is 5.91 Å². The summed E-state index contributed by atoms with van der Waals surface area (Å²) in [5, 5.41) is 7.43. The summed E-state index contributed by atoms with van der Waals surface area (Å²) >= 11 is 0. The lowest BCUT2D eigenvalue weighted by molar-refractivity contribution is 0.0949. The Labute approximate surface area is 153 Å². The Morgan fingerprint density at radius 1 is 1.12 bits per heavy atom. The highest BCUT2D eigenvalue weighted by molar-refractivity contribution is 5.95. The molecule has 1 aromatic heterocycles. The summed E-state index contributed by atoms with van der Waals surface area (Å²) in [6.07, 6.45) is 1.64. The van der Waals surface area contributed by atoms with Crippen LogP contribution in [0.25, 0.3) is 5.69 Å². The summed E-state index contributed by atoms with van der Waals surface area (Å²) in [7, 11) is 1.63. The highest BCUT2D eigenvalue weighted by Crippen LogP contribution is 2.23. The number of ether oxygens (including phenoxy) is 1. The Morgan fingerprint density at radius 3 is 2.42 bits per heavy atom. The van der Waals surface area contributed by atoms with Crippen LogP contribution in [0.2, 0.25) is 0 Å². The SMILES string of the molecule is COc1ccc(CNC(=O)c2cnn(-c3ccccc3)c2C(C)C)cc1. The van der Waals surface area contributed by atoms with Crippen molar-refractivity contribution in [2.24, 2.45) is 0 Å². The first-order valence-corrected chi connectivity index (χ1v) is 8.64. The maximum absolute atomic E-state index is 12.7. The molecule has 0 radical (unpaired) electrons. The quantitative estimate of drug-likeness (QED) is 0.733. The van der Waals surface area contributed by atoms with Gasteiger partial charge in [-0.2, -0.15) is 5.10 Å². The molecule has 3 rings (SSSR count). The third-order valence-electron chi connectivity index (χ3n) is 4.21. The second-order valence-electron chi connectivity index (χ2n) is 6.38. The monoisotopic (exact) mass is 349 g/mol. The van der Waals surface area contributed by atoms with E-state index in [4.69, 9.17) is 4.74 Å². The predicted octanol–water partition coefficient (Wildman–Crippen LogP) is 3.93.